The highest BCUT2D eigenvalue weighted by atomic mass is 16.2. The number of pyridine rings is 1. The highest BCUT2D eigenvalue weighted by Crippen LogP contribution is 2.28. The quantitative estimate of drug-likeness (QED) is 0.832. The van der Waals surface area contributed by atoms with Gasteiger partial charge in [0.15, 0.2) is 5.82 Å². The molecule has 2 fully saturated rings. The minimum absolute atomic E-state index is 0.0244. The molecule has 1 aliphatic carbocycles. The maximum absolute atomic E-state index is 13.1. The van der Waals surface area contributed by atoms with E-state index in [0.717, 1.165) is 24.7 Å². The van der Waals surface area contributed by atoms with Crippen LogP contribution < -0.4 is 0 Å². The molecule has 0 aromatic carbocycles. The summed E-state index contributed by atoms with van der Waals surface area (Å²) in [5, 5.41) is 0. The van der Waals surface area contributed by atoms with Gasteiger partial charge in [0.25, 0.3) is 5.91 Å². The van der Waals surface area contributed by atoms with Crippen molar-refractivity contribution < 1.29 is 4.79 Å². The molecule has 2 aromatic heterocycles. The summed E-state index contributed by atoms with van der Waals surface area (Å²) >= 11 is 0. The Morgan fingerprint density at radius 3 is 2.82 bits per heavy atom. The molecule has 1 saturated heterocycles. The highest BCUT2D eigenvalue weighted by Gasteiger charge is 2.29. The van der Waals surface area contributed by atoms with Gasteiger partial charge in [-0.3, -0.25) is 9.78 Å². The zero-order valence-electron chi connectivity index (χ0n) is 16.6. The topological polar surface area (TPSA) is 65.1 Å². The summed E-state index contributed by atoms with van der Waals surface area (Å²) in [6.07, 6.45) is 16.2. The molecule has 150 valence electrons. The average molecular weight is 382 g/mol. The molecule has 1 atom stereocenters. The number of hydrogen-bond acceptors (Lipinski definition) is 4. The monoisotopic (exact) mass is 381 g/mol. The summed E-state index contributed by atoms with van der Waals surface area (Å²) in [7, 11) is 0. The number of hydrogen-bond donors (Lipinski definition) is 1. The summed E-state index contributed by atoms with van der Waals surface area (Å²) in [6.45, 7) is 3.68. The van der Waals surface area contributed by atoms with E-state index >= 15 is 0 Å². The normalized spacial score (nSPS) is 21.5. The maximum Gasteiger partial charge on any atom is 0.289 e. The Bertz CT molecular complexity index is 727. The van der Waals surface area contributed by atoms with Crippen LogP contribution in [0.2, 0.25) is 0 Å². The van der Waals surface area contributed by atoms with Crippen LogP contribution in [-0.2, 0) is 6.54 Å². The number of imidazole rings is 1. The SMILES string of the molecule is O=C(c1ncc[nH]1)N(Cc1cccnc1)C[C@H]1CCCN(C2CCCCC2)C1. The predicted molar refractivity (Wildman–Crippen MR) is 109 cm³/mol. The fourth-order valence-electron chi connectivity index (χ4n) is 4.80. The summed E-state index contributed by atoms with van der Waals surface area (Å²) in [4.78, 5) is 29.1. The molecule has 1 aliphatic heterocycles. The number of carbonyl (C=O) groups is 1. The molecule has 28 heavy (non-hydrogen) atoms. The van der Waals surface area contributed by atoms with E-state index in [1.54, 1.807) is 18.6 Å². The number of nitrogens with one attached hydrogen (secondary N) is 1. The molecule has 6 nitrogen and oxygen atoms in total. The first kappa shape index (κ1) is 19.1. The fraction of sp³-hybridized carbons (Fsp3) is 0.591. The lowest BCUT2D eigenvalue weighted by atomic mass is 9.90. The Morgan fingerprint density at radius 2 is 2.07 bits per heavy atom. The molecule has 4 rings (SSSR count). The number of carbonyl (C=O) groups excluding carboxylic acids is 1. The van der Waals surface area contributed by atoms with Crippen molar-refractivity contribution in [1.82, 2.24) is 24.8 Å². The molecule has 0 spiro atoms. The lowest BCUT2D eigenvalue weighted by molar-refractivity contribution is 0.0575. The first-order valence-electron chi connectivity index (χ1n) is 10.7. The second kappa shape index (κ2) is 9.32. The molecule has 2 aromatic rings. The second-order valence-corrected chi connectivity index (χ2v) is 8.28. The molecule has 0 bridgehead atoms. The molecule has 1 N–H and O–H groups in total. The minimum Gasteiger partial charge on any atom is -0.341 e. The van der Waals surface area contributed by atoms with Crippen LogP contribution in [0.25, 0.3) is 0 Å². The number of H-pyrrole nitrogens is 1. The zero-order valence-corrected chi connectivity index (χ0v) is 16.6. The lowest BCUT2D eigenvalue weighted by Gasteiger charge is -2.41. The predicted octanol–water partition coefficient (Wildman–Crippen LogP) is 3.49. The van der Waals surface area contributed by atoms with Crippen LogP contribution in [0.3, 0.4) is 0 Å². The molecule has 1 saturated carbocycles. The maximum atomic E-state index is 13.1. The lowest BCUT2D eigenvalue weighted by Crippen LogP contribution is -2.47. The van der Waals surface area contributed by atoms with Crippen molar-refractivity contribution in [2.45, 2.75) is 57.5 Å². The molecule has 6 heteroatoms. The van der Waals surface area contributed by atoms with Gasteiger partial charge < -0.3 is 14.8 Å². The van der Waals surface area contributed by atoms with Crippen LogP contribution in [0, 0.1) is 5.92 Å². The van der Waals surface area contributed by atoms with E-state index in [0.29, 0.717) is 18.3 Å². The fourth-order valence-corrected chi connectivity index (χ4v) is 4.80. The van der Waals surface area contributed by atoms with Crippen LogP contribution in [0.1, 0.15) is 61.1 Å². The van der Waals surface area contributed by atoms with E-state index in [1.165, 1.54) is 51.5 Å². The molecule has 0 radical (unpaired) electrons. The van der Waals surface area contributed by atoms with Gasteiger partial charge in [-0.15, -0.1) is 0 Å². The van der Waals surface area contributed by atoms with Crippen LogP contribution >= 0.6 is 0 Å². The van der Waals surface area contributed by atoms with E-state index in [9.17, 15) is 4.79 Å². The van der Waals surface area contributed by atoms with Gasteiger partial charge in [-0.2, -0.15) is 0 Å². The Labute approximate surface area is 167 Å². The molecular formula is C22H31N5O. The number of nitrogens with zero attached hydrogens (tertiary/aromatic N) is 4. The van der Waals surface area contributed by atoms with E-state index in [-0.39, 0.29) is 5.91 Å². The average Bonchev–Trinajstić information content (AvgIpc) is 3.29. The Balaban J connectivity index is 1.44. The number of piperidine rings is 1. The minimum atomic E-state index is -0.0244. The molecule has 2 aliphatic rings. The van der Waals surface area contributed by atoms with Crippen LogP contribution in [-0.4, -0.2) is 56.3 Å². The second-order valence-electron chi connectivity index (χ2n) is 8.28. The summed E-state index contributed by atoms with van der Waals surface area (Å²) in [5.41, 5.74) is 1.06. The number of aromatic nitrogens is 3. The van der Waals surface area contributed by atoms with Crippen molar-refractivity contribution in [1.29, 1.82) is 0 Å². The molecule has 1 amide bonds. The third-order valence-corrected chi connectivity index (χ3v) is 6.20. The van der Waals surface area contributed by atoms with E-state index in [4.69, 9.17) is 0 Å². The van der Waals surface area contributed by atoms with Gasteiger partial charge in [0, 0.05) is 50.5 Å². The summed E-state index contributed by atoms with van der Waals surface area (Å²) in [6, 6.07) is 4.71. The van der Waals surface area contributed by atoms with E-state index in [1.807, 2.05) is 23.2 Å². The van der Waals surface area contributed by atoms with Gasteiger partial charge in [-0.05, 0) is 49.8 Å². The van der Waals surface area contributed by atoms with Crippen molar-refractivity contribution in [2.75, 3.05) is 19.6 Å². The van der Waals surface area contributed by atoms with Crippen molar-refractivity contribution >= 4 is 5.91 Å². The Kier molecular flexibility index (Phi) is 6.37. The first-order chi connectivity index (χ1) is 13.8. The molecular weight excluding hydrogens is 350 g/mol. The van der Waals surface area contributed by atoms with Gasteiger partial charge in [-0.25, -0.2) is 4.98 Å². The number of amides is 1. The first-order valence-corrected chi connectivity index (χ1v) is 10.7. The van der Waals surface area contributed by atoms with Crippen LogP contribution in [0.4, 0.5) is 0 Å². The molecule has 3 heterocycles. The summed E-state index contributed by atoms with van der Waals surface area (Å²) < 4.78 is 0. The third-order valence-electron chi connectivity index (χ3n) is 6.20. The Morgan fingerprint density at radius 1 is 1.18 bits per heavy atom. The molecule has 0 unspecified atom stereocenters. The Hall–Kier alpha value is -2.21. The van der Waals surface area contributed by atoms with Crippen molar-refractivity contribution in [2.24, 2.45) is 5.92 Å². The van der Waals surface area contributed by atoms with Crippen molar-refractivity contribution in [3.05, 3.63) is 48.3 Å². The third kappa shape index (κ3) is 4.79. The van der Waals surface area contributed by atoms with Gasteiger partial charge in [0.05, 0.1) is 0 Å². The largest absolute Gasteiger partial charge is 0.341 e. The highest BCUT2D eigenvalue weighted by molar-refractivity contribution is 5.90. The standard InChI is InChI=1S/C22H31N5O/c28-22(21-24-11-12-25-21)27(15-18-6-4-10-23-14-18)17-19-7-5-13-26(16-19)20-8-2-1-3-9-20/h4,6,10-12,14,19-20H,1-3,5,7-9,13,15-17H2,(H,24,25)/t19-/m0/s1. The zero-order chi connectivity index (χ0) is 19.2. The van der Waals surface area contributed by atoms with Gasteiger partial charge in [-0.1, -0.05) is 25.3 Å². The van der Waals surface area contributed by atoms with Gasteiger partial charge in [0.2, 0.25) is 0 Å². The van der Waals surface area contributed by atoms with Crippen molar-refractivity contribution in [3.8, 4) is 0 Å². The smallest absolute Gasteiger partial charge is 0.289 e. The van der Waals surface area contributed by atoms with Crippen LogP contribution in [0.5, 0.6) is 0 Å². The number of likely N-dealkylation sites (tertiary alicyclic amines) is 1. The van der Waals surface area contributed by atoms with Gasteiger partial charge >= 0.3 is 0 Å². The van der Waals surface area contributed by atoms with Crippen molar-refractivity contribution in [3.63, 3.8) is 0 Å². The number of rotatable bonds is 6. The van der Waals surface area contributed by atoms with E-state index < -0.39 is 0 Å². The summed E-state index contributed by atoms with van der Waals surface area (Å²) in [5.74, 6) is 0.915. The number of aromatic amines is 1. The van der Waals surface area contributed by atoms with Crippen LogP contribution in [0.15, 0.2) is 36.9 Å². The van der Waals surface area contributed by atoms with Gasteiger partial charge in [0.1, 0.15) is 0 Å². The van der Waals surface area contributed by atoms with E-state index in [2.05, 4.69) is 19.9 Å².